The van der Waals surface area contributed by atoms with Gasteiger partial charge in [0.1, 0.15) is 0 Å². The average molecular weight is 320 g/mol. The van der Waals surface area contributed by atoms with Crippen LogP contribution >= 0.6 is 0 Å². The number of aryl methyl sites for hydroxylation is 1. The summed E-state index contributed by atoms with van der Waals surface area (Å²) in [5.74, 6) is 0. The maximum Gasteiger partial charge on any atom is 0.318 e. The van der Waals surface area contributed by atoms with E-state index in [1.807, 2.05) is 13.0 Å². The fourth-order valence-electron chi connectivity index (χ4n) is 3.10. The number of benzene rings is 1. The van der Waals surface area contributed by atoms with Gasteiger partial charge in [-0.3, -0.25) is 0 Å². The summed E-state index contributed by atoms with van der Waals surface area (Å²) >= 11 is 0. The van der Waals surface area contributed by atoms with E-state index in [4.69, 9.17) is 4.74 Å². The molecule has 0 saturated carbocycles. The first-order chi connectivity index (χ1) is 10.9. The van der Waals surface area contributed by atoms with E-state index in [0.717, 1.165) is 5.56 Å². The third-order valence-electron chi connectivity index (χ3n) is 4.55. The van der Waals surface area contributed by atoms with E-state index in [-0.39, 0.29) is 18.1 Å². The lowest BCUT2D eigenvalue weighted by Crippen LogP contribution is -2.53. The Kier molecular flexibility index (Phi) is 6.02. The van der Waals surface area contributed by atoms with E-state index >= 15 is 0 Å². The Morgan fingerprint density at radius 2 is 2.17 bits per heavy atom. The van der Waals surface area contributed by atoms with Gasteiger partial charge in [0.2, 0.25) is 0 Å². The molecule has 2 N–H and O–H groups in total. The molecule has 1 heterocycles. The molecule has 0 spiro atoms. The number of morpholine rings is 1. The number of nitrogens with zero attached hydrogens (tertiary/aromatic N) is 1. The zero-order valence-electron chi connectivity index (χ0n) is 14.5. The molecule has 0 radical (unpaired) electrons. The van der Waals surface area contributed by atoms with Crippen LogP contribution in [0, 0.1) is 13.8 Å². The van der Waals surface area contributed by atoms with Crippen molar-refractivity contribution in [3.63, 3.8) is 0 Å². The van der Waals surface area contributed by atoms with Crippen LogP contribution in [0.2, 0.25) is 0 Å². The standard InChI is InChI=1S/C18H28N2O3/c1-12-6-5-7-17(14(12)3)15(4)19-18(22)20-8-9-23-11-16(20)10-13(2)21/h5-7,13,15-16,21H,8-11H2,1-4H3,(H,19,22)/t13-,15+,16+/m1/s1. The molecule has 1 aliphatic heterocycles. The van der Waals surface area contributed by atoms with Crippen LogP contribution in [0.25, 0.3) is 0 Å². The van der Waals surface area contributed by atoms with Crippen molar-refractivity contribution in [3.8, 4) is 0 Å². The third kappa shape index (κ3) is 4.45. The second kappa shape index (κ2) is 7.79. The Labute approximate surface area is 138 Å². The highest BCUT2D eigenvalue weighted by molar-refractivity contribution is 5.75. The minimum atomic E-state index is -0.451. The molecule has 0 unspecified atom stereocenters. The lowest BCUT2D eigenvalue weighted by atomic mass is 9.98. The van der Waals surface area contributed by atoms with Crippen molar-refractivity contribution in [1.29, 1.82) is 0 Å². The molecule has 2 rings (SSSR count). The Morgan fingerprint density at radius 3 is 2.87 bits per heavy atom. The Bertz CT molecular complexity index is 545. The Morgan fingerprint density at radius 1 is 1.43 bits per heavy atom. The first-order valence-electron chi connectivity index (χ1n) is 8.29. The smallest absolute Gasteiger partial charge is 0.318 e. The number of carbonyl (C=O) groups excluding carboxylic acids is 1. The molecule has 0 bridgehead atoms. The van der Waals surface area contributed by atoms with E-state index in [2.05, 4.69) is 31.3 Å². The third-order valence-corrected chi connectivity index (χ3v) is 4.55. The van der Waals surface area contributed by atoms with Crippen molar-refractivity contribution in [2.24, 2.45) is 0 Å². The van der Waals surface area contributed by atoms with Crippen molar-refractivity contribution in [2.45, 2.75) is 52.3 Å². The van der Waals surface area contributed by atoms with Crippen LogP contribution in [0.1, 0.15) is 43.0 Å². The fraction of sp³-hybridized carbons (Fsp3) is 0.611. The predicted molar refractivity (Wildman–Crippen MR) is 90.5 cm³/mol. The molecule has 1 aromatic rings. The van der Waals surface area contributed by atoms with Crippen molar-refractivity contribution < 1.29 is 14.6 Å². The van der Waals surface area contributed by atoms with Crippen molar-refractivity contribution in [1.82, 2.24) is 10.2 Å². The number of aliphatic hydroxyl groups excluding tert-OH is 1. The molecule has 1 fully saturated rings. The van der Waals surface area contributed by atoms with Gasteiger partial charge >= 0.3 is 6.03 Å². The van der Waals surface area contributed by atoms with E-state index in [9.17, 15) is 9.90 Å². The summed E-state index contributed by atoms with van der Waals surface area (Å²) in [7, 11) is 0. The predicted octanol–water partition coefficient (Wildman–Crippen LogP) is 2.55. The summed E-state index contributed by atoms with van der Waals surface area (Å²) in [6, 6.07) is 5.93. The highest BCUT2D eigenvalue weighted by atomic mass is 16.5. The minimum absolute atomic E-state index is 0.0579. The van der Waals surface area contributed by atoms with Crippen molar-refractivity contribution in [2.75, 3.05) is 19.8 Å². The maximum absolute atomic E-state index is 12.6. The molecule has 0 aromatic heterocycles. The lowest BCUT2D eigenvalue weighted by Gasteiger charge is -2.37. The van der Waals surface area contributed by atoms with Crippen LogP contribution in [0.3, 0.4) is 0 Å². The summed E-state index contributed by atoms with van der Waals surface area (Å²) in [5, 5.41) is 12.7. The van der Waals surface area contributed by atoms with Gasteiger partial charge < -0.3 is 20.1 Å². The van der Waals surface area contributed by atoms with Gasteiger partial charge in [-0.1, -0.05) is 18.2 Å². The molecule has 0 aliphatic carbocycles. The SMILES string of the molecule is Cc1cccc([C@H](C)NC(=O)N2CCOC[C@@H]2C[C@@H](C)O)c1C. The summed E-state index contributed by atoms with van der Waals surface area (Å²) in [6.07, 6.45) is 0.0825. The van der Waals surface area contributed by atoms with Crippen LogP contribution in [-0.4, -0.2) is 47.9 Å². The van der Waals surface area contributed by atoms with Gasteiger partial charge in [-0.25, -0.2) is 4.79 Å². The Balaban J connectivity index is 2.05. The molecule has 1 saturated heterocycles. The number of carbonyl (C=O) groups is 1. The molecule has 23 heavy (non-hydrogen) atoms. The Hall–Kier alpha value is -1.59. The van der Waals surface area contributed by atoms with Crippen molar-refractivity contribution in [3.05, 3.63) is 34.9 Å². The summed E-state index contributed by atoms with van der Waals surface area (Å²) < 4.78 is 5.46. The number of aliphatic hydroxyl groups is 1. The average Bonchev–Trinajstić information content (AvgIpc) is 2.49. The van der Waals surface area contributed by atoms with Gasteiger partial charge in [0.15, 0.2) is 0 Å². The normalized spacial score (nSPS) is 20.9. The van der Waals surface area contributed by atoms with E-state index < -0.39 is 6.10 Å². The largest absolute Gasteiger partial charge is 0.393 e. The number of hydrogen-bond donors (Lipinski definition) is 2. The molecule has 3 atom stereocenters. The number of ether oxygens (including phenoxy) is 1. The minimum Gasteiger partial charge on any atom is -0.393 e. The monoisotopic (exact) mass is 320 g/mol. The van der Waals surface area contributed by atoms with E-state index in [1.165, 1.54) is 11.1 Å². The molecule has 1 aliphatic rings. The highest BCUT2D eigenvalue weighted by Crippen LogP contribution is 2.21. The van der Waals surface area contributed by atoms with Gasteiger partial charge in [0, 0.05) is 6.54 Å². The molecule has 2 amide bonds. The van der Waals surface area contributed by atoms with Crippen LogP contribution < -0.4 is 5.32 Å². The number of rotatable bonds is 4. The number of amides is 2. The second-order valence-corrected chi connectivity index (χ2v) is 6.47. The second-order valence-electron chi connectivity index (χ2n) is 6.47. The quantitative estimate of drug-likeness (QED) is 0.896. The molecular weight excluding hydrogens is 292 g/mol. The maximum atomic E-state index is 12.6. The number of urea groups is 1. The molecular formula is C18H28N2O3. The zero-order valence-corrected chi connectivity index (χ0v) is 14.5. The van der Waals surface area contributed by atoms with Crippen LogP contribution in [-0.2, 0) is 4.74 Å². The topological polar surface area (TPSA) is 61.8 Å². The molecule has 128 valence electrons. The van der Waals surface area contributed by atoms with Gasteiger partial charge in [-0.05, 0) is 50.8 Å². The first-order valence-corrected chi connectivity index (χ1v) is 8.29. The summed E-state index contributed by atoms with van der Waals surface area (Å²) in [5.41, 5.74) is 3.57. The van der Waals surface area contributed by atoms with Gasteiger partial charge in [-0.2, -0.15) is 0 Å². The van der Waals surface area contributed by atoms with Crippen LogP contribution in [0.5, 0.6) is 0 Å². The van der Waals surface area contributed by atoms with E-state index in [1.54, 1.807) is 11.8 Å². The van der Waals surface area contributed by atoms with Crippen LogP contribution in [0.4, 0.5) is 4.79 Å². The molecule has 1 aromatic carbocycles. The molecule has 5 heteroatoms. The number of hydrogen-bond acceptors (Lipinski definition) is 3. The van der Waals surface area contributed by atoms with Gasteiger partial charge in [-0.15, -0.1) is 0 Å². The van der Waals surface area contributed by atoms with Crippen molar-refractivity contribution >= 4 is 6.03 Å². The van der Waals surface area contributed by atoms with E-state index in [0.29, 0.717) is 26.2 Å². The molecule has 5 nitrogen and oxygen atoms in total. The number of nitrogens with one attached hydrogen (secondary N) is 1. The summed E-state index contributed by atoms with van der Waals surface area (Å²) in [6.45, 7) is 9.49. The fourth-order valence-corrected chi connectivity index (χ4v) is 3.10. The summed E-state index contributed by atoms with van der Waals surface area (Å²) in [4.78, 5) is 14.4. The zero-order chi connectivity index (χ0) is 17.0. The first kappa shape index (κ1) is 17.8. The lowest BCUT2D eigenvalue weighted by molar-refractivity contribution is -0.00474. The van der Waals surface area contributed by atoms with Gasteiger partial charge in [0.05, 0.1) is 31.4 Å². The highest BCUT2D eigenvalue weighted by Gasteiger charge is 2.29. The van der Waals surface area contributed by atoms with Crippen LogP contribution in [0.15, 0.2) is 18.2 Å². The van der Waals surface area contributed by atoms with Gasteiger partial charge in [0.25, 0.3) is 0 Å².